The Hall–Kier alpha value is -2.55. The van der Waals surface area contributed by atoms with Gasteiger partial charge in [-0.25, -0.2) is 19.7 Å². The lowest BCUT2D eigenvalue weighted by molar-refractivity contribution is -0.120. The van der Waals surface area contributed by atoms with Gasteiger partial charge < -0.3 is 15.0 Å². The zero-order valence-electron chi connectivity index (χ0n) is 14.8. The van der Waals surface area contributed by atoms with E-state index >= 15 is 0 Å². The van der Waals surface area contributed by atoms with Crippen molar-refractivity contribution in [2.24, 2.45) is 5.92 Å². The summed E-state index contributed by atoms with van der Waals surface area (Å²) in [5.41, 5.74) is 0.569. The Morgan fingerprint density at radius 2 is 2.00 bits per heavy atom. The molecular formula is C17H21N5O3S. The average Bonchev–Trinajstić information content (AvgIpc) is 3.03. The van der Waals surface area contributed by atoms with Crippen LogP contribution in [0.25, 0.3) is 0 Å². The number of carbonyl (C=O) groups is 2. The van der Waals surface area contributed by atoms with Gasteiger partial charge in [0, 0.05) is 31.4 Å². The molecule has 1 fully saturated rings. The Kier molecular flexibility index (Phi) is 5.77. The Bertz CT molecular complexity index is 772. The zero-order chi connectivity index (χ0) is 18.5. The van der Waals surface area contributed by atoms with Gasteiger partial charge in [-0.3, -0.25) is 4.79 Å². The van der Waals surface area contributed by atoms with E-state index in [1.165, 1.54) is 0 Å². The molecule has 1 aliphatic heterocycles. The van der Waals surface area contributed by atoms with E-state index < -0.39 is 5.97 Å². The third-order valence-corrected chi connectivity index (χ3v) is 5.24. The van der Waals surface area contributed by atoms with Crippen LogP contribution in [0.1, 0.15) is 35.1 Å². The number of piperidine rings is 1. The van der Waals surface area contributed by atoms with Crippen LogP contribution in [-0.2, 0) is 9.53 Å². The van der Waals surface area contributed by atoms with Crippen molar-refractivity contribution in [3.63, 3.8) is 0 Å². The summed E-state index contributed by atoms with van der Waals surface area (Å²) in [7, 11) is 0. The van der Waals surface area contributed by atoms with Gasteiger partial charge in [0.2, 0.25) is 11.9 Å². The van der Waals surface area contributed by atoms with Crippen molar-refractivity contribution in [2.45, 2.75) is 26.7 Å². The SMILES string of the molecule is CCOC(=O)c1sc(NC(=O)C2CCN(c3ncccn3)CC2)nc1C. The fourth-order valence-corrected chi connectivity index (χ4v) is 3.70. The van der Waals surface area contributed by atoms with Crippen LogP contribution >= 0.6 is 11.3 Å². The molecule has 0 aliphatic carbocycles. The maximum absolute atomic E-state index is 12.5. The molecule has 0 unspecified atom stereocenters. The van der Waals surface area contributed by atoms with Gasteiger partial charge in [0.15, 0.2) is 5.13 Å². The molecular weight excluding hydrogens is 354 g/mol. The van der Waals surface area contributed by atoms with Crippen molar-refractivity contribution in [1.29, 1.82) is 0 Å². The fraction of sp³-hybridized carbons (Fsp3) is 0.471. The van der Waals surface area contributed by atoms with Crippen LogP contribution in [0.5, 0.6) is 0 Å². The van der Waals surface area contributed by atoms with Gasteiger partial charge in [-0.2, -0.15) is 0 Å². The average molecular weight is 375 g/mol. The first-order chi connectivity index (χ1) is 12.6. The van der Waals surface area contributed by atoms with Gasteiger partial charge in [-0.05, 0) is 32.8 Å². The second-order valence-electron chi connectivity index (χ2n) is 5.95. The van der Waals surface area contributed by atoms with Crippen LogP contribution in [0.3, 0.4) is 0 Å². The minimum atomic E-state index is -0.404. The molecule has 138 valence electrons. The van der Waals surface area contributed by atoms with Crippen molar-refractivity contribution < 1.29 is 14.3 Å². The van der Waals surface area contributed by atoms with E-state index in [9.17, 15) is 9.59 Å². The fourth-order valence-electron chi connectivity index (χ4n) is 2.84. The number of carbonyl (C=O) groups excluding carboxylic acids is 2. The highest BCUT2D eigenvalue weighted by molar-refractivity contribution is 7.17. The molecule has 0 bridgehead atoms. The Morgan fingerprint density at radius 1 is 1.31 bits per heavy atom. The molecule has 2 aromatic heterocycles. The smallest absolute Gasteiger partial charge is 0.350 e. The summed E-state index contributed by atoms with van der Waals surface area (Å²) in [6.45, 7) is 5.25. The van der Waals surface area contributed by atoms with Crippen LogP contribution in [0.4, 0.5) is 11.1 Å². The summed E-state index contributed by atoms with van der Waals surface area (Å²) in [4.78, 5) is 39.6. The van der Waals surface area contributed by atoms with Gasteiger partial charge in [0.1, 0.15) is 4.88 Å². The topological polar surface area (TPSA) is 97.3 Å². The molecule has 1 saturated heterocycles. The molecule has 0 atom stereocenters. The Morgan fingerprint density at radius 3 is 2.65 bits per heavy atom. The molecule has 26 heavy (non-hydrogen) atoms. The van der Waals surface area contributed by atoms with Gasteiger partial charge in [-0.15, -0.1) is 0 Å². The van der Waals surface area contributed by atoms with Crippen LogP contribution in [0.15, 0.2) is 18.5 Å². The summed E-state index contributed by atoms with van der Waals surface area (Å²) >= 11 is 1.15. The molecule has 2 aromatic rings. The molecule has 1 amide bonds. The number of amides is 1. The third kappa shape index (κ3) is 4.16. The van der Waals surface area contributed by atoms with Crippen molar-refractivity contribution in [1.82, 2.24) is 15.0 Å². The normalized spacial score (nSPS) is 14.9. The first-order valence-corrected chi connectivity index (χ1v) is 9.37. The largest absolute Gasteiger partial charge is 0.462 e. The molecule has 1 aliphatic rings. The number of esters is 1. The quantitative estimate of drug-likeness (QED) is 0.801. The predicted molar refractivity (Wildman–Crippen MR) is 98.4 cm³/mol. The van der Waals surface area contributed by atoms with E-state index in [0.717, 1.165) is 37.3 Å². The number of aryl methyl sites for hydroxylation is 1. The van der Waals surface area contributed by atoms with E-state index in [1.54, 1.807) is 32.3 Å². The highest BCUT2D eigenvalue weighted by Gasteiger charge is 2.27. The van der Waals surface area contributed by atoms with E-state index in [1.807, 2.05) is 0 Å². The first-order valence-electron chi connectivity index (χ1n) is 8.56. The predicted octanol–water partition coefficient (Wildman–Crippen LogP) is 2.27. The highest BCUT2D eigenvalue weighted by atomic mass is 32.1. The van der Waals surface area contributed by atoms with Crippen LogP contribution in [0, 0.1) is 12.8 Å². The molecule has 9 heteroatoms. The molecule has 0 aromatic carbocycles. The van der Waals surface area contributed by atoms with Crippen LogP contribution in [-0.4, -0.2) is 46.5 Å². The summed E-state index contributed by atoms with van der Waals surface area (Å²) in [6.07, 6.45) is 4.87. The summed E-state index contributed by atoms with van der Waals surface area (Å²) in [6, 6.07) is 1.78. The lowest BCUT2D eigenvalue weighted by Gasteiger charge is -2.30. The van der Waals surface area contributed by atoms with Gasteiger partial charge in [0.25, 0.3) is 0 Å². The number of nitrogens with one attached hydrogen (secondary N) is 1. The standard InChI is InChI=1S/C17H21N5O3S/c1-3-25-15(24)13-11(2)20-17(26-13)21-14(23)12-5-9-22(10-6-12)16-18-7-4-8-19-16/h4,7-8,12H,3,5-6,9-10H2,1-2H3,(H,20,21,23). The molecule has 3 rings (SSSR count). The monoisotopic (exact) mass is 375 g/mol. The summed E-state index contributed by atoms with van der Waals surface area (Å²) in [5, 5.41) is 3.27. The minimum Gasteiger partial charge on any atom is -0.462 e. The van der Waals surface area contributed by atoms with E-state index in [2.05, 4.69) is 25.2 Å². The van der Waals surface area contributed by atoms with Crippen LogP contribution in [0.2, 0.25) is 0 Å². The number of anilines is 2. The summed E-state index contributed by atoms with van der Waals surface area (Å²) in [5.74, 6) is 0.133. The van der Waals surface area contributed by atoms with Crippen molar-refractivity contribution in [2.75, 3.05) is 29.9 Å². The Balaban J connectivity index is 1.56. The molecule has 3 heterocycles. The number of aromatic nitrogens is 3. The van der Waals surface area contributed by atoms with E-state index in [-0.39, 0.29) is 11.8 Å². The highest BCUT2D eigenvalue weighted by Crippen LogP contribution is 2.26. The van der Waals surface area contributed by atoms with E-state index in [0.29, 0.717) is 28.3 Å². The maximum atomic E-state index is 12.5. The third-order valence-electron chi connectivity index (χ3n) is 4.19. The summed E-state index contributed by atoms with van der Waals surface area (Å²) < 4.78 is 5.00. The molecule has 0 saturated carbocycles. The van der Waals surface area contributed by atoms with Crippen LogP contribution < -0.4 is 10.2 Å². The number of rotatable bonds is 5. The second kappa shape index (κ2) is 8.22. The maximum Gasteiger partial charge on any atom is 0.350 e. The van der Waals surface area contributed by atoms with Gasteiger partial charge >= 0.3 is 5.97 Å². The van der Waals surface area contributed by atoms with Gasteiger partial charge in [0.05, 0.1) is 12.3 Å². The van der Waals surface area contributed by atoms with Crippen molar-refractivity contribution in [3.05, 3.63) is 29.0 Å². The Labute approximate surface area is 155 Å². The number of hydrogen-bond acceptors (Lipinski definition) is 8. The minimum absolute atomic E-state index is 0.0669. The first kappa shape index (κ1) is 18.2. The second-order valence-corrected chi connectivity index (χ2v) is 6.95. The number of thiazole rings is 1. The lowest BCUT2D eigenvalue weighted by Crippen LogP contribution is -2.39. The molecule has 0 spiro atoms. The zero-order valence-corrected chi connectivity index (χ0v) is 15.6. The van der Waals surface area contributed by atoms with Gasteiger partial charge in [-0.1, -0.05) is 11.3 Å². The number of nitrogens with zero attached hydrogens (tertiary/aromatic N) is 4. The number of hydrogen-bond donors (Lipinski definition) is 1. The lowest BCUT2D eigenvalue weighted by atomic mass is 9.96. The molecule has 0 radical (unpaired) electrons. The van der Waals surface area contributed by atoms with Crippen molar-refractivity contribution in [3.8, 4) is 0 Å². The number of ether oxygens (including phenoxy) is 1. The van der Waals surface area contributed by atoms with Crippen molar-refractivity contribution >= 4 is 34.3 Å². The van der Waals surface area contributed by atoms with E-state index in [4.69, 9.17) is 4.74 Å². The molecule has 1 N–H and O–H groups in total. The molecule has 8 nitrogen and oxygen atoms in total.